The van der Waals surface area contributed by atoms with Crippen molar-refractivity contribution in [3.8, 4) is 5.75 Å². The second-order valence-electron chi connectivity index (χ2n) is 7.95. The minimum atomic E-state index is -3.65. The summed E-state index contributed by atoms with van der Waals surface area (Å²) in [7, 11) is -2.11. The van der Waals surface area contributed by atoms with E-state index in [0.29, 0.717) is 25.1 Å². The molecule has 2 aromatic rings. The highest BCUT2D eigenvalue weighted by Crippen LogP contribution is 2.26. The summed E-state index contributed by atoms with van der Waals surface area (Å²) in [6, 6.07) is 12.4. The van der Waals surface area contributed by atoms with E-state index >= 15 is 0 Å². The fourth-order valence-electron chi connectivity index (χ4n) is 3.72. The van der Waals surface area contributed by atoms with Crippen molar-refractivity contribution in [2.45, 2.75) is 44.6 Å². The molecule has 1 heterocycles. The van der Waals surface area contributed by atoms with Gasteiger partial charge in [-0.15, -0.1) is 0 Å². The van der Waals surface area contributed by atoms with E-state index in [0.717, 1.165) is 5.56 Å². The molecular weight excluding hydrogens is 400 g/mol. The molecule has 1 fully saturated rings. The summed E-state index contributed by atoms with van der Waals surface area (Å²) >= 11 is 0. The summed E-state index contributed by atoms with van der Waals surface area (Å²) in [5.74, 6) is 0.140. The zero-order chi connectivity index (χ0) is 21.9. The van der Waals surface area contributed by atoms with Gasteiger partial charge < -0.3 is 10.1 Å². The van der Waals surface area contributed by atoms with E-state index in [1.807, 2.05) is 13.0 Å². The Morgan fingerprint density at radius 3 is 2.47 bits per heavy atom. The highest BCUT2D eigenvalue weighted by molar-refractivity contribution is 7.89. The third-order valence-electron chi connectivity index (χ3n) is 5.84. The van der Waals surface area contributed by atoms with E-state index in [-0.39, 0.29) is 29.3 Å². The molecule has 0 saturated carbocycles. The van der Waals surface area contributed by atoms with Gasteiger partial charge in [-0.2, -0.15) is 4.31 Å². The van der Waals surface area contributed by atoms with Gasteiger partial charge in [0.1, 0.15) is 5.75 Å². The third kappa shape index (κ3) is 4.84. The van der Waals surface area contributed by atoms with Crippen molar-refractivity contribution < 1.29 is 17.9 Å². The van der Waals surface area contributed by atoms with Crippen LogP contribution in [0.2, 0.25) is 0 Å². The van der Waals surface area contributed by atoms with E-state index in [2.05, 4.69) is 31.3 Å². The standard InChI is InChI=1S/C23H30N2O4S/c1-16-7-8-19(14-17(16)2)18(3)24-23(26)20-6-5-13-25(15-20)30(27,28)22-11-9-21(29-4)10-12-22/h7-12,14,18,20H,5-6,13,15H2,1-4H3,(H,24,26)/t18-,20+/m0/s1. The van der Waals surface area contributed by atoms with Crippen molar-refractivity contribution in [2.75, 3.05) is 20.2 Å². The molecule has 6 nitrogen and oxygen atoms in total. The van der Waals surface area contributed by atoms with Crippen LogP contribution in [0.3, 0.4) is 0 Å². The molecule has 7 heteroatoms. The summed E-state index contributed by atoms with van der Waals surface area (Å²) in [6.45, 7) is 6.68. The van der Waals surface area contributed by atoms with Gasteiger partial charge in [0.25, 0.3) is 0 Å². The number of aryl methyl sites for hydroxylation is 2. The number of piperidine rings is 1. The van der Waals surface area contributed by atoms with Gasteiger partial charge in [0.2, 0.25) is 15.9 Å². The van der Waals surface area contributed by atoms with E-state index in [9.17, 15) is 13.2 Å². The Hall–Kier alpha value is -2.38. The van der Waals surface area contributed by atoms with Crippen LogP contribution in [0.4, 0.5) is 0 Å². The van der Waals surface area contributed by atoms with Crippen molar-refractivity contribution in [3.63, 3.8) is 0 Å². The minimum absolute atomic E-state index is 0.102. The zero-order valence-corrected chi connectivity index (χ0v) is 18.8. The largest absolute Gasteiger partial charge is 0.497 e. The van der Waals surface area contributed by atoms with Crippen LogP contribution in [0.1, 0.15) is 42.5 Å². The van der Waals surface area contributed by atoms with Crippen LogP contribution >= 0.6 is 0 Å². The van der Waals surface area contributed by atoms with E-state index in [1.54, 1.807) is 24.3 Å². The molecule has 1 amide bonds. The first kappa shape index (κ1) is 22.3. The summed E-state index contributed by atoms with van der Waals surface area (Å²) in [5, 5.41) is 3.06. The Bertz CT molecular complexity index is 1000. The Labute approximate surface area is 179 Å². The highest BCUT2D eigenvalue weighted by Gasteiger charge is 2.33. The van der Waals surface area contributed by atoms with E-state index in [1.165, 1.54) is 22.5 Å². The van der Waals surface area contributed by atoms with Crippen LogP contribution < -0.4 is 10.1 Å². The molecule has 0 unspecified atom stereocenters. The van der Waals surface area contributed by atoms with Crippen molar-refractivity contribution in [1.29, 1.82) is 0 Å². The lowest BCUT2D eigenvalue weighted by Gasteiger charge is -2.32. The molecule has 0 aliphatic carbocycles. The van der Waals surface area contributed by atoms with Crippen molar-refractivity contribution >= 4 is 15.9 Å². The lowest BCUT2D eigenvalue weighted by atomic mass is 9.97. The summed E-state index contributed by atoms with van der Waals surface area (Å²) in [4.78, 5) is 13.1. The predicted octanol–water partition coefficient (Wildman–Crippen LogP) is 3.59. The molecule has 0 aromatic heterocycles. The molecule has 3 rings (SSSR count). The fraction of sp³-hybridized carbons (Fsp3) is 0.435. The molecule has 1 saturated heterocycles. The Balaban J connectivity index is 1.68. The van der Waals surface area contributed by atoms with Gasteiger partial charge in [-0.05, 0) is 74.6 Å². The van der Waals surface area contributed by atoms with Crippen LogP contribution in [0.15, 0.2) is 47.4 Å². The number of methoxy groups -OCH3 is 1. The molecule has 0 spiro atoms. The average molecular weight is 431 g/mol. The number of carbonyl (C=O) groups is 1. The first-order valence-electron chi connectivity index (χ1n) is 10.2. The summed E-state index contributed by atoms with van der Waals surface area (Å²) in [6.07, 6.45) is 1.34. The maximum atomic E-state index is 13.0. The molecule has 1 aliphatic rings. The van der Waals surface area contributed by atoms with Crippen molar-refractivity contribution in [3.05, 3.63) is 59.2 Å². The van der Waals surface area contributed by atoms with Gasteiger partial charge in [-0.1, -0.05) is 18.2 Å². The number of hydrogen-bond donors (Lipinski definition) is 1. The van der Waals surface area contributed by atoms with E-state index in [4.69, 9.17) is 4.74 Å². The monoisotopic (exact) mass is 430 g/mol. The molecule has 0 bridgehead atoms. The quantitative estimate of drug-likeness (QED) is 0.760. The lowest BCUT2D eigenvalue weighted by Crippen LogP contribution is -2.45. The second kappa shape index (κ2) is 9.18. The third-order valence-corrected chi connectivity index (χ3v) is 7.72. The molecule has 2 atom stereocenters. The number of rotatable bonds is 6. The van der Waals surface area contributed by atoms with Crippen LogP contribution in [-0.4, -0.2) is 38.8 Å². The Morgan fingerprint density at radius 1 is 1.13 bits per heavy atom. The van der Waals surface area contributed by atoms with Crippen LogP contribution in [-0.2, 0) is 14.8 Å². The van der Waals surface area contributed by atoms with Gasteiger partial charge in [0.15, 0.2) is 0 Å². The Kier molecular flexibility index (Phi) is 6.83. The van der Waals surface area contributed by atoms with E-state index < -0.39 is 10.0 Å². The van der Waals surface area contributed by atoms with Crippen LogP contribution in [0.5, 0.6) is 5.75 Å². The molecule has 1 aliphatic heterocycles. The average Bonchev–Trinajstić information content (AvgIpc) is 2.75. The molecule has 30 heavy (non-hydrogen) atoms. The maximum absolute atomic E-state index is 13.0. The topological polar surface area (TPSA) is 75.7 Å². The van der Waals surface area contributed by atoms with Gasteiger partial charge in [0, 0.05) is 13.1 Å². The summed E-state index contributed by atoms with van der Waals surface area (Å²) < 4.78 is 32.6. The minimum Gasteiger partial charge on any atom is -0.497 e. The van der Waals surface area contributed by atoms with Gasteiger partial charge in [-0.25, -0.2) is 8.42 Å². The van der Waals surface area contributed by atoms with Gasteiger partial charge in [0.05, 0.1) is 24.0 Å². The number of carbonyl (C=O) groups excluding carboxylic acids is 1. The van der Waals surface area contributed by atoms with Gasteiger partial charge in [-0.3, -0.25) is 4.79 Å². The van der Waals surface area contributed by atoms with Crippen molar-refractivity contribution in [1.82, 2.24) is 9.62 Å². The summed E-state index contributed by atoms with van der Waals surface area (Å²) in [5.41, 5.74) is 3.44. The molecule has 1 N–H and O–H groups in total. The SMILES string of the molecule is COc1ccc(S(=O)(=O)N2CCC[C@@H](C(=O)N[C@@H](C)c3ccc(C)c(C)c3)C2)cc1. The number of sulfonamides is 1. The molecular formula is C23H30N2O4S. The number of hydrogen-bond acceptors (Lipinski definition) is 4. The number of ether oxygens (including phenoxy) is 1. The van der Waals surface area contributed by atoms with Crippen molar-refractivity contribution in [2.24, 2.45) is 5.92 Å². The molecule has 0 radical (unpaired) electrons. The van der Waals surface area contributed by atoms with Crippen LogP contribution in [0.25, 0.3) is 0 Å². The lowest BCUT2D eigenvalue weighted by molar-refractivity contribution is -0.126. The first-order valence-corrected chi connectivity index (χ1v) is 11.7. The van der Waals surface area contributed by atoms with Gasteiger partial charge >= 0.3 is 0 Å². The second-order valence-corrected chi connectivity index (χ2v) is 9.89. The number of nitrogens with zero attached hydrogens (tertiary/aromatic N) is 1. The number of benzene rings is 2. The zero-order valence-electron chi connectivity index (χ0n) is 18.0. The normalized spacial score (nSPS) is 18.6. The highest BCUT2D eigenvalue weighted by atomic mass is 32.2. The molecule has 2 aromatic carbocycles. The molecule has 162 valence electrons. The fourth-order valence-corrected chi connectivity index (χ4v) is 5.24. The smallest absolute Gasteiger partial charge is 0.243 e. The number of amides is 1. The maximum Gasteiger partial charge on any atom is 0.243 e. The Morgan fingerprint density at radius 2 is 1.83 bits per heavy atom. The van der Waals surface area contributed by atoms with Crippen LogP contribution in [0, 0.1) is 19.8 Å². The number of nitrogens with one attached hydrogen (secondary N) is 1. The predicted molar refractivity (Wildman–Crippen MR) is 117 cm³/mol. The first-order chi connectivity index (χ1) is 14.2.